The van der Waals surface area contributed by atoms with Crippen LogP contribution in [0, 0.1) is 0 Å². The quantitative estimate of drug-likeness (QED) is 0.354. The fraction of sp³-hybridized carbons (Fsp3) is 1.00. The zero-order chi connectivity index (χ0) is 15.9. The van der Waals surface area contributed by atoms with Gasteiger partial charge in [-0.3, -0.25) is 0 Å². The monoisotopic (exact) mass is 382 g/mol. The summed E-state index contributed by atoms with van der Waals surface area (Å²) in [6.45, 7) is 6.07. The third-order valence-corrected chi connectivity index (χ3v) is 5.21. The molecule has 148 valence electrons. The normalized spacial score (nSPS) is 15.8. The average Bonchev–Trinajstić information content (AvgIpc) is 2.53. The van der Waals surface area contributed by atoms with Crippen LogP contribution in [0.25, 0.3) is 0 Å². The topological polar surface area (TPSA) is 29.3 Å². The number of likely N-dealkylation sites (tertiary alicyclic amines) is 1. The molecule has 0 saturated carbocycles. The standard InChI is InChI=1S/C20H42N2.2ClH/c1-2-3-4-5-6-7-8-9-10-11-12-13-14-17-22-18-15-20(21)16-19-22;;/h20H,2-19,21H2,1H3;2*1H. The second kappa shape index (κ2) is 19.8. The van der Waals surface area contributed by atoms with Gasteiger partial charge in [-0.05, 0) is 38.9 Å². The summed E-state index contributed by atoms with van der Waals surface area (Å²) in [6.07, 6.45) is 21.2. The van der Waals surface area contributed by atoms with E-state index >= 15 is 0 Å². The predicted molar refractivity (Wildman–Crippen MR) is 114 cm³/mol. The molecule has 1 aliphatic rings. The van der Waals surface area contributed by atoms with Gasteiger partial charge in [0.25, 0.3) is 0 Å². The van der Waals surface area contributed by atoms with Crippen LogP contribution in [0.1, 0.15) is 103 Å². The van der Waals surface area contributed by atoms with Crippen molar-refractivity contribution in [2.24, 2.45) is 5.73 Å². The summed E-state index contributed by atoms with van der Waals surface area (Å²) in [4.78, 5) is 2.61. The van der Waals surface area contributed by atoms with Crippen molar-refractivity contribution in [3.05, 3.63) is 0 Å². The summed E-state index contributed by atoms with van der Waals surface area (Å²) < 4.78 is 0. The highest BCUT2D eigenvalue weighted by Crippen LogP contribution is 2.13. The van der Waals surface area contributed by atoms with Gasteiger partial charge in [0.05, 0.1) is 0 Å². The Kier molecular flexibility index (Phi) is 22.1. The molecule has 0 aliphatic carbocycles. The van der Waals surface area contributed by atoms with Crippen molar-refractivity contribution in [3.63, 3.8) is 0 Å². The summed E-state index contributed by atoms with van der Waals surface area (Å²) in [5.74, 6) is 0. The fourth-order valence-corrected chi connectivity index (χ4v) is 3.53. The molecule has 1 saturated heterocycles. The number of nitrogens with two attached hydrogens (primary N) is 1. The number of hydrogen-bond acceptors (Lipinski definition) is 2. The van der Waals surface area contributed by atoms with Gasteiger partial charge in [0.2, 0.25) is 0 Å². The minimum absolute atomic E-state index is 0. The Bertz CT molecular complexity index is 232. The molecule has 0 spiro atoms. The number of nitrogens with zero attached hydrogens (tertiary/aromatic N) is 1. The lowest BCUT2D eigenvalue weighted by atomic mass is 10.0. The van der Waals surface area contributed by atoms with E-state index in [4.69, 9.17) is 5.73 Å². The lowest BCUT2D eigenvalue weighted by Crippen LogP contribution is -2.39. The molecule has 0 aromatic heterocycles. The van der Waals surface area contributed by atoms with Crippen molar-refractivity contribution in [1.29, 1.82) is 0 Å². The van der Waals surface area contributed by atoms with Gasteiger partial charge in [-0.15, -0.1) is 24.8 Å². The van der Waals surface area contributed by atoms with Crippen molar-refractivity contribution >= 4 is 24.8 Å². The second-order valence-corrected chi connectivity index (χ2v) is 7.42. The molecule has 2 N–H and O–H groups in total. The zero-order valence-electron chi connectivity index (χ0n) is 16.1. The molecule has 0 atom stereocenters. The summed E-state index contributed by atoms with van der Waals surface area (Å²) >= 11 is 0. The third kappa shape index (κ3) is 16.0. The van der Waals surface area contributed by atoms with Gasteiger partial charge in [0.15, 0.2) is 0 Å². The van der Waals surface area contributed by atoms with Crippen molar-refractivity contribution in [3.8, 4) is 0 Å². The molecule has 0 radical (unpaired) electrons. The van der Waals surface area contributed by atoms with E-state index in [1.807, 2.05) is 0 Å². The maximum absolute atomic E-state index is 5.94. The van der Waals surface area contributed by atoms with Crippen LogP contribution in [-0.2, 0) is 0 Å². The van der Waals surface area contributed by atoms with E-state index in [9.17, 15) is 0 Å². The highest BCUT2D eigenvalue weighted by molar-refractivity contribution is 5.85. The van der Waals surface area contributed by atoms with Gasteiger partial charge >= 0.3 is 0 Å². The first kappa shape index (κ1) is 26.7. The molecule has 0 aromatic rings. The lowest BCUT2D eigenvalue weighted by molar-refractivity contribution is 0.209. The molecule has 24 heavy (non-hydrogen) atoms. The maximum Gasteiger partial charge on any atom is 0.00631 e. The van der Waals surface area contributed by atoms with E-state index in [0.717, 1.165) is 0 Å². The van der Waals surface area contributed by atoms with E-state index in [-0.39, 0.29) is 24.8 Å². The Morgan fingerprint density at radius 3 is 1.46 bits per heavy atom. The molecule has 0 aromatic carbocycles. The number of unbranched alkanes of at least 4 members (excludes halogenated alkanes) is 12. The van der Waals surface area contributed by atoms with Gasteiger partial charge in [-0.25, -0.2) is 0 Å². The van der Waals surface area contributed by atoms with E-state index in [1.54, 1.807) is 0 Å². The molecule has 2 nitrogen and oxygen atoms in total. The average molecular weight is 383 g/mol. The number of piperidine rings is 1. The molecule has 0 unspecified atom stereocenters. The van der Waals surface area contributed by atoms with Gasteiger partial charge in [-0.2, -0.15) is 0 Å². The van der Waals surface area contributed by atoms with Gasteiger partial charge in [0, 0.05) is 6.04 Å². The molecule has 0 amide bonds. The SMILES string of the molecule is CCCCCCCCCCCCCCCN1CCC(N)CC1.Cl.Cl. The molecule has 1 heterocycles. The highest BCUT2D eigenvalue weighted by atomic mass is 35.5. The van der Waals surface area contributed by atoms with Crippen LogP contribution in [-0.4, -0.2) is 30.6 Å². The predicted octanol–water partition coefficient (Wildman–Crippen LogP) is 6.34. The van der Waals surface area contributed by atoms with Crippen molar-refractivity contribution in [2.75, 3.05) is 19.6 Å². The van der Waals surface area contributed by atoms with Crippen molar-refractivity contribution in [2.45, 2.75) is 109 Å². The number of halogens is 2. The van der Waals surface area contributed by atoms with Crippen LogP contribution in [0.5, 0.6) is 0 Å². The highest BCUT2D eigenvalue weighted by Gasteiger charge is 2.14. The van der Waals surface area contributed by atoms with E-state index in [1.165, 1.54) is 116 Å². The van der Waals surface area contributed by atoms with Crippen LogP contribution in [0.3, 0.4) is 0 Å². The Morgan fingerprint density at radius 1 is 0.667 bits per heavy atom. The molecule has 1 aliphatic heterocycles. The summed E-state index contributed by atoms with van der Waals surface area (Å²) in [5, 5.41) is 0. The maximum atomic E-state index is 5.94. The Hall–Kier alpha value is 0.500. The van der Waals surface area contributed by atoms with E-state index in [0.29, 0.717) is 6.04 Å². The summed E-state index contributed by atoms with van der Waals surface area (Å²) in [7, 11) is 0. The van der Waals surface area contributed by atoms with E-state index < -0.39 is 0 Å². The minimum Gasteiger partial charge on any atom is -0.328 e. The fourth-order valence-electron chi connectivity index (χ4n) is 3.53. The van der Waals surface area contributed by atoms with Gasteiger partial charge in [0.1, 0.15) is 0 Å². The first-order valence-electron chi connectivity index (χ1n) is 10.3. The smallest absolute Gasteiger partial charge is 0.00631 e. The van der Waals surface area contributed by atoms with Gasteiger partial charge < -0.3 is 10.6 Å². The second-order valence-electron chi connectivity index (χ2n) is 7.42. The number of hydrogen-bond donors (Lipinski definition) is 1. The lowest BCUT2D eigenvalue weighted by Gasteiger charge is -2.29. The summed E-state index contributed by atoms with van der Waals surface area (Å²) in [5.41, 5.74) is 5.94. The molecule has 1 fully saturated rings. The first-order valence-corrected chi connectivity index (χ1v) is 10.3. The molecule has 1 rings (SSSR count). The van der Waals surface area contributed by atoms with Crippen LogP contribution < -0.4 is 5.73 Å². The van der Waals surface area contributed by atoms with Crippen LogP contribution in [0.15, 0.2) is 0 Å². The minimum atomic E-state index is 0. The molecule has 4 heteroatoms. The van der Waals surface area contributed by atoms with Crippen LogP contribution >= 0.6 is 24.8 Å². The molecule has 0 bridgehead atoms. The number of rotatable bonds is 14. The van der Waals surface area contributed by atoms with Gasteiger partial charge in [-0.1, -0.05) is 84.0 Å². The Morgan fingerprint density at radius 2 is 1.04 bits per heavy atom. The Labute approximate surface area is 164 Å². The van der Waals surface area contributed by atoms with Crippen molar-refractivity contribution < 1.29 is 0 Å². The molecular formula is C20H44Cl2N2. The van der Waals surface area contributed by atoms with Crippen LogP contribution in [0.2, 0.25) is 0 Å². The first-order chi connectivity index (χ1) is 10.8. The van der Waals surface area contributed by atoms with E-state index in [2.05, 4.69) is 11.8 Å². The molecular weight excluding hydrogens is 339 g/mol. The summed E-state index contributed by atoms with van der Waals surface area (Å²) in [6, 6.07) is 0.475. The third-order valence-electron chi connectivity index (χ3n) is 5.21. The van der Waals surface area contributed by atoms with Crippen molar-refractivity contribution in [1.82, 2.24) is 4.90 Å². The Balaban J connectivity index is 0. The van der Waals surface area contributed by atoms with Crippen LogP contribution in [0.4, 0.5) is 0 Å². The largest absolute Gasteiger partial charge is 0.328 e. The zero-order valence-corrected chi connectivity index (χ0v) is 17.8.